The summed E-state index contributed by atoms with van der Waals surface area (Å²) in [4.78, 5) is 7.02. The largest absolute Gasteiger partial charge is 0.314 e. The van der Waals surface area contributed by atoms with E-state index in [4.69, 9.17) is 0 Å². The second-order valence-electron chi connectivity index (χ2n) is 13.8. The van der Waals surface area contributed by atoms with Crippen molar-refractivity contribution in [3.8, 4) is 33.4 Å². The van der Waals surface area contributed by atoms with E-state index >= 15 is 0 Å². The number of pyridine rings is 1. The highest BCUT2D eigenvalue weighted by Gasteiger charge is 2.37. The summed E-state index contributed by atoms with van der Waals surface area (Å²) in [5.74, 6) is 0.285. The van der Waals surface area contributed by atoms with Gasteiger partial charge in [-0.3, -0.25) is 4.98 Å². The zero-order valence-electron chi connectivity index (χ0n) is 28.3. The van der Waals surface area contributed by atoms with Crippen LogP contribution in [0.5, 0.6) is 0 Å². The molecule has 2 nitrogen and oxygen atoms in total. The van der Waals surface area contributed by atoms with Crippen LogP contribution in [0.4, 0.5) is 5.69 Å². The molecule has 7 aromatic rings. The molecule has 6 aromatic carbocycles. The monoisotopic (exact) mass is 652 g/mol. The minimum absolute atomic E-state index is 0.285. The van der Waals surface area contributed by atoms with Gasteiger partial charge in [0.05, 0.1) is 5.69 Å². The molecular formula is C49H36N2. The van der Waals surface area contributed by atoms with E-state index in [-0.39, 0.29) is 5.92 Å². The Hall–Kier alpha value is -6.25. The quantitative estimate of drug-likeness (QED) is 0.172. The van der Waals surface area contributed by atoms with Gasteiger partial charge in [-0.15, -0.1) is 0 Å². The third-order valence-corrected chi connectivity index (χ3v) is 10.9. The molecule has 0 spiro atoms. The zero-order valence-corrected chi connectivity index (χ0v) is 28.3. The molecule has 0 N–H and O–H groups in total. The Morgan fingerprint density at radius 1 is 0.549 bits per heavy atom. The molecule has 0 saturated heterocycles. The molecule has 0 saturated carbocycles. The van der Waals surface area contributed by atoms with Crippen molar-refractivity contribution in [2.24, 2.45) is 0 Å². The molecular weight excluding hydrogens is 617 g/mol. The third kappa shape index (κ3) is 4.98. The van der Waals surface area contributed by atoms with Crippen molar-refractivity contribution >= 4 is 32.8 Å². The zero-order chi connectivity index (χ0) is 33.7. The molecule has 10 rings (SSSR count). The van der Waals surface area contributed by atoms with Crippen molar-refractivity contribution in [3.05, 3.63) is 199 Å². The molecule has 1 aromatic heterocycles. The van der Waals surface area contributed by atoms with E-state index < -0.39 is 0 Å². The van der Waals surface area contributed by atoms with Crippen molar-refractivity contribution in [1.29, 1.82) is 0 Å². The van der Waals surface area contributed by atoms with Gasteiger partial charge in [0.25, 0.3) is 0 Å². The third-order valence-electron chi connectivity index (χ3n) is 10.9. The number of nitrogens with zero attached hydrogens (tertiary/aromatic N) is 2. The second-order valence-corrected chi connectivity index (χ2v) is 13.8. The van der Waals surface area contributed by atoms with E-state index in [2.05, 4.69) is 180 Å². The number of fused-ring (bicyclic) bond motifs is 5. The first-order valence-corrected chi connectivity index (χ1v) is 18.0. The fraction of sp³-hybridized carbons (Fsp3) is 0.0816. The van der Waals surface area contributed by atoms with Crippen LogP contribution in [0.3, 0.4) is 0 Å². The molecule has 0 amide bonds. The Morgan fingerprint density at radius 3 is 1.96 bits per heavy atom. The average Bonchev–Trinajstić information content (AvgIpc) is 3.54. The average molecular weight is 653 g/mol. The summed E-state index contributed by atoms with van der Waals surface area (Å²) in [6.45, 7) is 0. The van der Waals surface area contributed by atoms with Crippen LogP contribution in [-0.4, -0.2) is 4.98 Å². The van der Waals surface area contributed by atoms with E-state index in [0.717, 1.165) is 19.3 Å². The lowest BCUT2D eigenvalue weighted by Gasteiger charge is -2.28. The fourth-order valence-electron chi connectivity index (χ4n) is 8.56. The first-order valence-electron chi connectivity index (χ1n) is 18.0. The molecule has 3 aliphatic rings. The SMILES string of the molecule is C1=CC(N2C3=CC=C(c4cccc(-c5ccc6c(-c7ccccc7)c7ccccc7c(-c7ccccc7)c6c5)c4)CC3c3cnccc32)=CCC1. The first-order chi connectivity index (χ1) is 25.3. The van der Waals surface area contributed by atoms with Gasteiger partial charge in [0.2, 0.25) is 0 Å². The molecule has 0 fully saturated rings. The molecule has 1 unspecified atom stereocenters. The molecule has 2 heterocycles. The topological polar surface area (TPSA) is 16.1 Å². The summed E-state index contributed by atoms with van der Waals surface area (Å²) >= 11 is 0. The molecule has 0 bridgehead atoms. The van der Waals surface area contributed by atoms with Gasteiger partial charge in [-0.1, -0.05) is 133 Å². The van der Waals surface area contributed by atoms with Crippen molar-refractivity contribution in [2.45, 2.75) is 25.2 Å². The Morgan fingerprint density at radius 2 is 1.22 bits per heavy atom. The lowest BCUT2D eigenvalue weighted by molar-refractivity contribution is 0.820. The predicted octanol–water partition coefficient (Wildman–Crippen LogP) is 12.9. The molecule has 0 radical (unpaired) electrons. The van der Waals surface area contributed by atoms with Crippen LogP contribution in [-0.2, 0) is 0 Å². The number of aromatic nitrogens is 1. The van der Waals surface area contributed by atoms with Gasteiger partial charge in [0, 0.05) is 35.3 Å². The number of hydrogen-bond donors (Lipinski definition) is 0. The molecule has 242 valence electrons. The van der Waals surface area contributed by atoms with Crippen LogP contribution in [0.25, 0.3) is 60.5 Å². The van der Waals surface area contributed by atoms with Crippen LogP contribution in [0, 0.1) is 0 Å². The maximum absolute atomic E-state index is 4.57. The van der Waals surface area contributed by atoms with Crippen LogP contribution in [0.1, 0.15) is 36.3 Å². The van der Waals surface area contributed by atoms with Gasteiger partial charge in [-0.2, -0.15) is 0 Å². The normalized spacial score (nSPS) is 16.4. The summed E-state index contributed by atoms with van der Waals surface area (Å²) in [5.41, 5.74) is 15.3. The Labute approximate surface area is 299 Å². The minimum Gasteiger partial charge on any atom is -0.314 e. The molecule has 1 aliphatic heterocycles. The Balaban J connectivity index is 1.10. The maximum Gasteiger partial charge on any atom is 0.0528 e. The standard InChI is InChI=1S/C49H36N2/c1-4-13-33(14-5-1)48-40-21-10-11-22-41(40)49(34-15-6-2-7-16-34)44-31-37(23-25-42(44)48)35-17-12-18-36(29-35)38-24-26-46-43(30-38)45-32-50-28-27-47(45)51(46)39-19-8-3-9-20-39/h1-2,4-8,10-29,31-32,43H,3,9,30H2. The summed E-state index contributed by atoms with van der Waals surface area (Å²) < 4.78 is 0. The Kier molecular flexibility index (Phi) is 7.13. The number of benzene rings is 6. The second kappa shape index (κ2) is 12.3. The van der Waals surface area contributed by atoms with Gasteiger partial charge in [0.1, 0.15) is 0 Å². The van der Waals surface area contributed by atoms with Crippen molar-refractivity contribution in [2.75, 3.05) is 4.90 Å². The highest BCUT2D eigenvalue weighted by Crippen LogP contribution is 2.51. The van der Waals surface area contributed by atoms with Gasteiger partial charge in [0.15, 0.2) is 0 Å². The van der Waals surface area contributed by atoms with E-state index in [0.29, 0.717) is 0 Å². The minimum atomic E-state index is 0.285. The number of allylic oxidation sites excluding steroid dienone is 7. The van der Waals surface area contributed by atoms with E-state index in [1.807, 2.05) is 6.20 Å². The maximum atomic E-state index is 4.57. The van der Waals surface area contributed by atoms with Gasteiger partial charge >= 0.3 is 0 Å². The summed E-state index contributed by atoms with van der Waals surface area (Å²) in [5, 5.41) is 5.09. The highest BCUT2D eigenvalue weighted by atomic mass is 15.2. The Bertz CT molecular complexity index is 2610. The number of hydrogen-bond acceptors (Lipinski definition) is 2. The smallest absolute Gasteiger partial charge is 0.0528 e. The molecule has 2 heteroatoms. The molecule has 51 heavy (non-hydrogen) atoms. The first kappa shape index (κ1) is 29.6. The molecule has 1 atom stereocenters. The highest BCUT2D eigenvalue weighted by molar-refractivity contribution is 6.22. The van der Waals surface area contributed by atoms with Crippen LogP contribution >= 0.6 is 0 Å². The van der Waals surface area contributed by atoms with Crippen LogP contribution in [0.2, 0.25) is 0 Å². The predicted molar refractivity (Wildman–Crippen MR) is 214 cm³/mol. The van der Waals surface area contributed by atoms with E-state index in [1.165, 1.54) is 88.7 Å². The van der Waals surface area contributed by atoms with Crippen molar-refractivity contribution < 1.29 is 0 Å². The van der Waals surface area contributed by atoms with Gasteiger partial charge in [-0.05, 0) is 116 Å². The lowest BCUT2D eigenvalue weighted by atomic mass is 9.83. The summed E-state index contributed by atoms with van der Waals surface area (Å²) in [7, 11) is 0. The number of rotatable bonds is 5. The van der Waals surface area contributed by atoms with E-state index in [1.54, 1.807) is 0 Å². The van der Waals surface area contributed by atoms with Crippen LogP contribution < -0.4 is 4.90 Å². The van der Waals surface area contributed by atoms with Gasteiger partial charge < -0.3 is 4.90 Å². The van der Waals surface area contributed by atoms with E-state index in [9.17, 15) is 0 Å². The van der Waals surface area contributed by atoms with Crippen molar-refractivity contribution in [1.82, 2.24) is 4.98 Å². The van der Waals surface area contributed by atoms with Crippen LogP contribution in [0.15, 0.2) is 188 Å². The summed E-state index contributed by atoms with van der Waals surface area (Å²) in [6.07, 6.45) is 18.8. The van der Waals surface area contributed by atoms with Crippen molar-refractivity contribution in [3.63, 3.8) is 0 Å². The van der Waals surface area contributed by atoms with Gasteiger partial charge in [-0.25, -0.2) is 0 Å². The fourth-order valence-corrected chi connectivity index (χ4v) is 8.56. The lowest BCUT2D eigenvalue weighted by Crippen LogP contribution is -2.20. The molecule has 2 aliphatic carbocycles. The summed E-state index contributed by atoms with van der Waals surface area (Å²) in [6, 6.07) is 49.0. The number of anilines is 1.